The molecule has 1 aromatic carbocycles. The first-order valence-corrected chi connectivity index (χ1v) is 8.43. The highest BCUT2D eigenvalue weighted by molar-refractivity contribution is 7.12. The highest BCUT2D eigenvalue weighted by Gasteiger charge is 2.30. The molecule has 3 N–H and O–H groups in total. The number of thiophene rings is 1. The van der Waals surface area contributed by atoms with Crippen LogP contribution in [0.25, 0.3) is 0 Å². The minimum atomic E-state index is -0.295. The van der Waals surface area contributed by atoms with Gasteiger partial charge in [-0.15, -0.1) is 11.3 Å². The van der Waals surface area contributed by atoms with Gasteiger partial charge in [0.05, 0.1) is 30.0 Å². The third kappa shape index (κ3) is 3.67. The van der Waals surface area contributed by atoms with Gasteiger partial charge in [0.1, 0.15) is 16.7 Å². The van der Waals surface area contributed by atoms with E-state index >= 15 is 0 Å². The van der Waals surface area contributed by atoms with Crippen LogP contribution in [0.15, 0.2) is 35.7 Å². The standard InChI is InChI=1S/C17H17N3O3S/c18-9-11-1-3-12(4-2-11)23-15-10-22-7-5-14(15)20-17(21)16-13(19)6-8-24-16/h1-4,6,8,14-15H,5,7,10,19H2,(H,20,21)/t14-,15-/m1/s1. The third-order valence-electron chi connectivity index (χ3n) is 3.79. The number of hydrogen-bond acceptors (Lipinski definition) is 6. The van der Waals surface area contributed by atoms with Crippen LogP contribution in [0, 0.1) is 11.3 Å². The van der Waals surface area contributed by atoms with E-state index in [9.17, 15) is 4.79 Å². The molecule has 2 heterocycles. The molecular formula is C17H17N3O3S. The number of anilines is 1. The number of ether oxygens (including phenoxy) is 2. The number of nitrogens with one attached hydrogen (secondary N) is 1. The summed E-state index contributed by atoms with van der Waals surface area (Å²) in [5.41, 5.74) is 6.85. The molecule has 7 heteroatoms. The lowest BCUT2D eigenvalue weighted by atomic mass is 10.1. The number of carbonyl (C=O) groups is 1. The molecule has 2 atom stereocenters. The molecule has 124 valence electrons. The minimum Gasteiger partial charge on any atom is -0.486 e. The molecule has 1 saturated heterocycles. The van der Waals surface area contributed by atoms with Crippen molar-refractivity contribution in [1.82, 2.24) is 5.32 Å². The van der Waals surface area contributed by atoms with Crippen molar-refractivity contribution in [2.45, 2.75) is 18.6 Å². The van der Waals surface area contributed by atoms with Gasteiger partial charge < -0.3 is 20.5 Å². The van der Waals surface area contributed by atoms with Crippen molar-refractivity contribution in [2.75, 3.05) is 18.9 Å². The van der Waals surface area contributed by atoms with Gasteiger partial charge in [-0.3, -0.25) is 4.79 Å². The molecule has 0 unspecified atom stereocenters. The number of nitriles is 1. The average molecular weight is 343 g/mol. The fraction of sp³-hybridized carbons (Fsp3) is 0.294. The van der Waals surface area contributed by atoms with Crippen LogP contribution >= 0.6 is 11.3 Å². The van der Waals surface area contributed by atoms with Gasteiger partial charge in [0.25, 0.3) is 5.91 Å². The lowest BCUT2D eigenvalue weighted by Gasteiger charge is -2.32. The summed E-state index contributed by atoms with van der Waals surface area (Å²) in [7, 11) is 0. The van der Waals surface area contributed by atoms with E-state index in [-0.39, 0.29) is 18.1 Å². The normalized spacial score (nSPS) is 20.1. The Balaban J connectivity index is 1.67. The molecule has 1 aromatic heterocycles. The van der Waals surface area contributed by atoms with Gasteiger partial charge in [-0.05, 0) is 42.1 Å². The van der Waals surface area contributed by atoms with E-state index in [4.69, 9.17) is 20.5 Å². The predicted molar refractivity (Wildman–Crippen MR) is 91.0 cm³/mol. The van der Waals surface area contributed by atoms with Crippen LogP contribution in [0.5, 0.6) is 5.75 Å². The molecule has 1 aliphatic heterocycles. The highest BCUT2D eigenvalue weighted by Crippen LogP contribution is 2.21. The number of carbonyl (C=O) groups excluding carboxylic acids is 1. The lowest BCUT2D eigenvalue weighted by molar-refractivity contribution is -0.0134. The van der Waals surface area contributed by atoms with Crippen molar-refractivity contribution in [3.8, 4) is 11.8 Å². The SMILES string of the molecule is N#Cc1ccc(O[C@@H]2COCC[C@H]2NC(=O)c2sccc2N)cc1. The number of nitrogen functional groups attached to an aromatic ring is 1. The largest absolute Gasteiger partial charge is 0.486 e. The summed E-state index contributed by atoms with van der Waals surface area (Å²) in [6, 6.07) is 10.5. The second-order valence-corrected chi connectivity index (χ2v) is 6.36. The Morgan fingerprint density at radius 1 is 1.38 bits per heavy atom. The smallest absolute Gasteiger partial charge is 0.263 e. The Labute approximate surface area is 143 Å². The third-order valence-corrected chi connectivity index (χ3v) is 4.72. The second kappa shape index (κ2) is 7.34. The van der Waals surface area contributed by atoms with Crippen molar-refractivity contribution < 1.29 is 14.3 Å². The average Bonchev–Trinajstić information content (AvgIpc) is 3.03. The van der Waals surface area contributed by atoms with Gasteiger partial charge in [0, 0.05) is 6.61 Å². The molecule has 1 aliphatic rings. The van der Waals surface area contributed by atoms with E-state index in [1.165, 1.54) is 11.3 Å². The van der Waals surface area contributed by atoms with E-state index in [0.29, 0.717) is 41.5 Å². The lowest BCUT2D eigenvalue weighted by Crippen LogP contribution is -2.51. The summed E-state index contributed by atoms with van der Waals surface area (Å²) in [5, 5.41) is 13.6. The van der Waals surface area contributed by atoms with E-state index < -0.39 is 0 Å². The van der Waals surface area contributed by atoms with E-state index in [0.717, 1.165) is 0 Å². The number of hydrogen-bond donors (Lipinski definition) is 2. The summed E-state index contributed by atoms with van der Waals surface area (Å²) in [6.07, 6.45) is 0.370. The number of benzene rings is 1. The summed E-state index contributed by atoms with van der Waals surface area (Å²) >= 11 is 1.32. The summed E-state index contributed by atoms with van der Waals surface area (Å²) in [5.74, 6) is 0.446. The first kappa shape index (κ1) is 16.3. The van der Waals surface area contributed by atoms with Crippen molar-refractivity contribution in [3.05, 3.63) is 46.2 Å². The van der Waals surface area contributed by atoms with Gasteiger partial charge in [0.2, 0.25) is 0 Å². The Hall–Kier alpha value is -2.56. The van der Waals surface area contributed by atoms with Crippen LogP contribution in [0.4, 0.5) is 5.69 Å². The Morgan fingerprint density at radius 3 is 2.83 bits per heavy atom. The Bertz CT molecular complexity index is 751. The molecule has 6 nitrogen and oxygen atoms in total. The zero-order chi connectivity index (χ0) is 16.9. The molecule has 1 fully saturated rings. The van der Waals surface area contributed by atoms with Crippen LogP contribution in [-0.2, 0) is 4.74 Å². The van der Waals surface area contributed by atoms with Crippen molar-refractivity contribution in [3.63, 3.8) is 0 Å². The summed E-state index contributed by atoms with van der Waals surface area (Å²) in [4.78, 5) is 12.9. The van der Waals surface area contributed by atoms with Crippen LogP contribution < -0.4 is 15.8 Å². The number of nitrogens with zero attached hydrogens (tertiary/aromatic N) is 1. The van der Waals surface area contributed by atoms with E-state index in [1.54, 1.807) is 35.7 Å². The number of nitrogens with two attached hydrogens (primary N) is 1. The molecule has 24 heavy (non-hydrogen) atoms. The zero-order valence-corrected chi connectivity index (χ0v) is 13.7. The Morgan fingerprint density at radius 2 is 2.17 bits per heavy atom. The molecule has 0 aliphatic carbocycles. The quantitative estimate of drug-likeness (QED) is 0.887. The molecule has 0 bridgehead atoms. The van der Waals surface area contributed by atoms with Gasteiger partial charge in [-0.25, -0.2) is 0 Å². The van der Waals surface area contributed by atoms with Crippen molar-refractivity contribution >= 4 is 22.9 Å². The minimum absolute atomic E-state index is 0.164. The maximum absolute atomic E-state index is 12.4. The molecule has 0 saturated carbocycles. The number of rotatable bonds is 4. The predicted octanol–water partition coefficient (Wildman–Crippen LogP) is 2.17. The molecule has 0 radical (unpaired) electrons. The van der Waals surface area contributed by atoms with Gasteiger partial charge in [0.15, 0.2) is 0 Å². The molecule has 0 spiro atoms. The van der Waals surface area contributed by atoms with Crippen molar-refractivity contribution in [1.29, 1.82) is 5.26 Å². The fourth-order valence-corrected chi connectivity index (χ4v) is 3.23. The highest BCUT2D eigenvalue weighted by atomic mass is 32.1. The Kier molecular flexibility index (Phi) is 4.99. The fourth-order valence-electron chi connectivity index (χ4n) is 2.51. The molecule has 2 aromatic rings. The molecular weight excluding hydrogens is 326 g/mol. The zero-order valence-electron chi connectivity index (χ0n) is 12.9. The monoisotopic (exact) mass is 343 g/mol. The first-order chi connectivity index (χ1) is 11.7. The number of amides is 1. The van der Waals surface area contributed by atoms with Gasteiger partial charge >= 0.3 is 0 Å². The van der Waals surface area contributed by atoms with Crippen LogP contribution in [0.1, 0.15) is 21.7 Å². The molecule has 3 rings (SSSR count). The van der Waals surface area contributed by atoms with Crippen LogP contribution in [0.3, 0.4) is 0 Å². The van der Waals surface area contributed by atoms with E-state index in [2.05, 4.69) is 11.4 Å². The van der Waals surface area contributed by atoms with Gasteiger partial charge in [-0.1, -0.05) is 0 Å². The van der Waals surface area contributed by atoms with Crippen LogP contribution in [0.2, 0.25) is 0 Å². The maximum Gasteiger partial charge on any atom is 0.263 e. The maximum atomic E-state index is 12.4. The molecule has 1 amide bonds. The first-order valence-electron chi connectivity index (χ1n) is 7.56. The second-order valence-electron chi connectivity index (χ2n) is 5.44. The topological polar surface area (TPSA) is 97.4 Å². The van der Waals surface area contributed by atoms with E-state index in [1.807, 2.05) is 0 Å². The van der Waals surface area contributed by atoms with Crippen LogP contribution in [-0.4, -0.2) is 31.3 Å². The summed E-state index contributed by atoms with van der Waals surface area (Å²) < 4.78 is 11.4. The van der Waals surface area contributed by atoms with Crippen molar-refractivity contribution in [2.24, 2.45) is 0 Å². The summed E-state index contributed by atoms with van der Waals surface area (Å²) in [6.45, 7) is 0.961. The van der Waals surface area contributed by atoms with Gasteiger partial charge in [-0.2, -0.15) is 5.26 Å².